The number of carbonyl (C=O) groups excluding carboxylic acids is 1. The first-order valence-corrected chi connectivity index (χ1v) is 12.1. The first-order chi connectivity index (χ1) is 16.8. The van der Waals surface area contributed by atoms with Crippen LogP contribution >= 0.6 is 0 Å². The number of aromatic nitrogens is 2. The van der Waals surface area contributed by atoms with Crippen molar-refractivity contribution >= 4 is 5.91 Å². The van der Waals surface area contributed by atoms with Crippen LogP contribution in [0.5, 0.6) is 0 Å². The Morgan fingerprint density at radius 3 is 2.34 bits per heavy atom. The fourth-order valence-corrected chi connectivity index (χ4v) is 3.38. The van der Waals surface area contributed by atoms with E-state index in [-0.39, 0.29) is 24.4 Å². The smallest absolute Gasteiger partial charge is 0.328 e. The zero-order chi connectivity index (χ0) is 26.2. The van der Waals surface area contributed by atoms with Gasteiger partial charge in [0.05, 0.1) is 12.2 Å². The Morgan fingerprint density at radius 1 is 1.11 bits per heavy atom. The van der Waals surface area contributed by atoms with Crippen LogP contribution in [0.15, 0.2) is 15.8 Å². The largest absolute Gasteiger partial charge is 0.394 e. The predicted molar refractivity (Wildman–Crippen MR) is 131 cm³/mol. The molecule has 35 heavy (non-hydrogen) atoms. The number of hydrogen-bond donors (Lipinski definition) is 8. The zero-order valence-electron chi connectivity index (χ0n) is 20.7. The van der Waals surface area contributed by atoms with Gasteiger partial charge in [0.2, 0.25) is 5.91 Å². The summed E-state index contributed by atoms with van der Waals surface area (Å²) in [6.07, 6.45) is -1.90. The molecule has 1 aromatic rings. The fourth-order valence-electron chi connectivity index (χ4n) is 3.38. The minimum absolute atomic E-state index is 0.0243. The zero-order valence-corrected chi connectivity index (χ0v) is 20.7. The summed E-state index contributed by atoms with van der Waals surface area (Å²) in [5.74, 6) is -0.232. The molecule has 2 rings (SSSR count). The van der Waals surface area contributed by atoms with Crippen LogP contribution in [0, 0.1) is 0 Å². The van der Waals surface area contributed by atoms with E-state index < -0.39 is 42.3 Å². The van der Waals surface area contributed by atoms with Gasteiger partial charge in [0.15, 0.2) is 0 Å². The van der Waals surface area contributed by atoms with Crippen LogP contribution in [0.4, 0.5) is 0 Å². The van der Waals surface area contributed by atoms with Gasteiger partial charge in [-0.25, -0.2) is 4.79 Å². The lowest BCUT2D eigenvalue weighted by Crippen LogP contribution is -2.36. The number of nitrogens with two attached hydrogens (primary N) is 1. The van der Waals surface area contributed by atoms with Gasteiger partial charge in [-0.1, -0.05) is 13.8 Å². The second kappa shape index (κ2) is 17.3. The molecule has 0 saturated carbocycles. The van der Waals surface area contributed by atoms with Crippen molar-refractivity contribution < 1.29 is 24.9 Å². The Bertz CT molecular complexity index is 842. The van der Waals surface area contributed by atoms with Gasteiger partial charge < -0.3 is 41.7 Å². The Balaban J connectivity index is 0.000000762. The molecule has 1 saturated heterocycles. The van der Waals surface area contributed by atoms with E-state index in [1.807, 2.05) is 6.92 Å². The maximum Gasteiger partial charge on any atom is 0.328 e. The van der Waals surface area contributed by atoms with Gasteiger partial charge in [-0.15, -0.1) is 0 Å². The van der Waals surface area contributed by atoms with E-state index in [2.05, 4.69) is 27.9 Å². The maximum absolute atomic E-state index is 12.1. The third-order valence-corrected chi connectivity index (χ3v) is 5.38. The van der Waals surface area contributed by atoms with E-state index in [0.29, 0.717) is 6.54 Å². The predicted octanol–water partition coefficient (Wildman–Crippen LogP) is -2.86. The monoisotopic (exact) mass is 502 g/mol. The summed E-state index contributed by atoms with van der Waals surface area (Å²) >= 11 is 0. The van der Waals surface area contributed by atoms with Gasteiger partial charge in [-0.2, -0.15) is 0 Å². The standard InChI is InChI=1S/C17H28N4O7.C5H14N2/c1-2-18-5-3-6-19-12(23)4-7-21-8-10(16(26)20-17(21)27)15-14(25)13(24)11(9-22)28-15;1-2-7-5-3-4-6/h8,11,13-15,18,22,24-25H,2-7,9H2,1H3,(H,19,23)(H,20,26,27);7H,2-6H2,1H3. The average molecular weight is 503 g/mol. The molecular formula is C22H42N6O7. The van der Waals surface area contributed by atoms with Crippen molar-refractivity contribution in [1.29, 1.82) is 0 Å². The number of nitrogens with zero attached hydrogens (tertiary/aromatic N) is 1. The maximum atomic E-state index is 12.1. The molecule has 0 radical (unpaired) electrons. The molecule has 2 heterocycles. The lowest BCUT2D eigenvalue weighted by molar-refractivity contribution is -0.121. The van der Waals surface area contributed by atoms with Crippen LogP contribution < -0.4 is 32.9 Å². The average Bonchev–Trinajstić information content (AvgIpc) is 3.12. The molecule has 0 aliphatic carbocycles. The number of H-pyrrole nitrogens is 1. The number of aliphatic hydroxyl groups is 3. The van der Waals surface area contributed by atoms with Gasteiger partial charge in [0, 0.05) is 25.7 Å². The van der Waals surface area contributed by atoms with Crippen LogP contribution in [0.3, 0.4) is 0 Å². The normalized spacial score (nSPS) is 21.4. The number of nitrogens with one attached hydrogen (secondary N) is 4. The molecule has 1 amide bonds. The van der Waals surface area contributed by atoms with Crippen LogP contribution in [0.1, 0.15) is 44.8 Å². The first kappa shape index (κ1) is 30.9. The summed E-state index contributed by atoms with van der Waals surface area (Å²) in [6.45, 7) is 8.67. The third-order valence-electron chi connectivity index (χ3n) is 5.38. The summed E-state index contributed by atoms with van der Waals surface area (Å²) in [5.41, 5.74) is 3.71. The Morgan fingerprint density at radius 2 is 1.77 bits per heavy atom. The molecular weight excluding hydrogens is 460 g/mol. The van der Waals surface area contributed by atoms with E-state index in [4.69, 9.17) is 15.6 Å². The molecule has 0 aromatic carbocycles. The number of rotatable bonds is 14. The van der Waals surface area contributed by atoms with Crippen molar-refractivity contribution in [2.45, 2.75) is 64.1 Å². The fraction of sp³-hybridized carbons (Fsp3) is 0.773. The molecule has 1 fully saturated rings. The van der Waals surface area contributed by atoms with Crippen molar-refractivity contribution in [2.24, 2.45) is 5.73 Å². The number of aryl methyl sites for hydroxylation is 1. The minimum Gasteiger partial charge on any atom is -0.394 e. The van der Waals surface area contributed by atoms with E-state index in [1.165, 1.54) is 6.20 Å². The van der Waals surface area contributed by atoms with E-state index >= 15 is 0 Å². The molecule has 1 aliphatic heterocycles. The number of ether oxygens (including phenoxy) is 1. The molecule has 0 bridgehead atoms. The van der Waals surface area contributed by atoms with Gasteiger partial charge >= 0.3 is 5.69 Å². The molecule has 4 atom stereocenters. The molecule has 4 unspecified atom stereocenters. The topological polar surface area (TPSA) is 204 Å². The van der Waals surface area contributed by atoms with Gasteiger partial charge in [-0.05, 0) is 45.6 Å². The van der Waals surface area contributed by atoms with Crippen molar-refractivity contribution in [2.75, 3.05) is 45.9 Å². The van der Waals surface area contributed by atoms with Crippen molar-refractivity contribution in [1.82, 2.24) is 25.5 Å². The highest BCUT2D eigenvalue weighted by atomic mass is 16.6. The second-order valence-corrected chi connectivity index (χ2v) is 8.10. The summed E-state index contributed by atoms with van der Waals surface area (Å²) < 4.78 is 6.48. The van der Waals surface area contributed by atoms with Crippen LogP contribution in [0.2, 0.25) is 0 Å². The van der Waals surface area contributed by atoms with Crippen LogP contribution in [-0.4, -0.2) is 95.0 Å². The number of hydrogen-bond acceptors (Lipinski definition) is 10. The Hall–Kier alpha value is -2.13. The first-order valence-electron chi connectivity index (χ1n) is 12.1. The summed E-state index contributed by atoms with van der Waals surface area (Å²) in [7, 11) is 0. The van der Waals surface area contributed by atoms with Gasteiger partial charge in [0.1, 0.15) is 24.4 Å². The number of aliphatic hydroxyl groups excluding tert-OH is 3. The third kappa shape index (κ3) is 10.6. The summed E-state index contributed by atoms with van der Waals surface area (Å²) in [4.78, 5) is 38.1. The number of amides is 1. The number of carbonyl (C=O) groups is 1. The van der Waals surface area contributed by atoms with E-state index in [9.17, 15) is 24.6 Å². The molecule has 202 valence electrons. The quantitative estimate of drug-likeness (QED) is 0.122. The minimum atomic E-state index is -1.43. The highest BCUT2D eigenvalue weighted by Gasteiger charge is 2.44. The van der Waals surface area contributed by atoms with Crippen molar-refractivity contribution in [3.05, 3.63) is 32.6 Å². The highest BCUT2D eigenvalue weighted by Crippen LogP contribution is 2.31. The van der Waals surface area contributed by atoms with E-state index in [0.717, 1.165) is 50.1 Å². The van der Waals surface area contributed by atoms with Crippen LogP contribution in [-0.2, 0) is 16.1 Å². The number of aromatic amines is 1. The Labute approximate surface area is 205 Å². The Kier molecular flexibility index (Phi) is 15.3. The SMILES string of the molecule is CCNCCCN.CCNCCCNC(=O)CCn1cc(C2OC(CO)C(O)C2O)c(=O)[nH]c1=O. The molecule has 1 aliphatic rings. The lowest BCUT2D eigenvalue weighted by Gasteiger charge is -2.15. The van der Waals surface area contributed by atoms with Crippen molar-refractivity contribution in [3.63, 3.8) is 0 Å². The van der Waals surface area contributed by atoms with Crippen LogP contribution in [0.25, 0.3) is 0 Å². The van der Waals surface area contributed by atoms with Gasteiger partial charge in [0.25, 0.3) is 5.56 Å². The summed E-state index contributed by atoms with van der Waals surface area (Å²) in [6, 6.07) is 0. The highest BCUT2D eigenvalue weighted by molar-refractivity contribution is 5.75. The van der Waals surface area contributed by atoms with Gasteiger partial charge in [-0.3, -0.25) is 19.1 Å². The molecule has 1 aromatic heterocycles. The molecule has 13 heteroatoms. The van der Waals surface area contributed by atoms with Crippen molar-refractivity contribution in [3.8, 4) is 0 Å². The van der Waals surface area contributed by atoms with E-state index in [1.54, 1.807) is 0 Å². The molecule has 13 nitrogen and oxygen atoms in total. The summed E-state index contributed by atoms with van der Waals surface area (Å²) in [5, 5.41) is 38.1. The molecule has 9 N–H and O–H groups in total. The molecule has 0 spiro atoms. The lowest BCUT2D eigenvalue weighted by atomic mass is 10.0. The second-order valence-electron chi connectivity index (χ2n) is 8.10.